The second-order valence-corrected chi connectivity index (χ2v) is 9.46. The van der Waals surface area contributed by atoms with E-state index in [9.17, 15) is 0 Å². The predicted octanol–water partition coefficient (Wildman–Crippen LogP) is 5.99. The van der Waals surface area contributed by atoms with Crippen LogP contribution < -0.4 is 4.57 Å². The zero-order chi connectivity index (χ0) is 21.8. The Morgan fingerprint density at radius 1 is 1.06 bits per heavy atom. The maximum absolute atomic E-state index is 4.96. The van der Waals surface area contributed by atoms with Gasteiger partial charge in [-0.1, -0.05) is 52.3 Å². The van der Waals surface area contributed by atoms with Gasteiger partial charge >= 0.3 is 0 Å². The van der Waals surface area contributed by atoms with Crippen LogP contribution in [0.3, 0.4) is 0 Å². The molecule has 4 heterocycles. The fraction of sp³-hybridized carbons (Fsp3) is 0.444. The standard InChI is InChI=1S/C27H33N4/c1-6-9-11-19-14-15-28-24(29-19)21-18-30-16-17-31-25(30)23-20(21)12-10-13-22(23)26(4,7-2)27(31,5)8-3/h10,12-18H,6-9,11H2,1-5H3/q+1. The van der Waals surface area contributed by atoms with Gasteiger partial charge in [-0.2, -0.15) is 0 Å². The van der Waals surface area contributed by atoms with Crippen molar-refractivity contribution in [2.45, 2.75) is 77.7 Å². The molecule has 4 aromatic rings. The molecule has 0 amide bonds. The van der Waals surface area contributed by atoms with Crippen LogP contribution in [0.25, 0.3) is 27.8 Å². The van der Waals surface area contributed by atoms with Crippen LogP contribution in [0, 0.1) is 0 Å². The summed E-state index contributed by atoms with van der Waals surface area (Å²) >= 11 is 0. The van der Waals surface area contributed by atoms with Crippen molar-refractivity contribution >= 4 is 16.4 Å². The summed E-state index contributed by atoms with van der Waals surface area (Å²) < 4.78 is 4.81. The lowest BCUT2D eigenvalue weighted by Crippen LogP contribution is -2.65. The highest BCUT2D eigenvalue weighted by Crippen LogP contribution is 2.49. The molecule has 0 aliphatic carbocycles. The molecule has 0 fully saturated rings. The van der Waals surface area contributed by atoms with Crippen LogP contribution in [0.5, 0.6) is 0 Å². The SMILES string of the molecule is CCCCc1ccnc(-c2cn3cc[n+]4c3c3c(cccc23)C(C)(CC)C4(C)CC)n1. The molecule has 4 heteroatoms. The van der Waals surface area contributed by atoms with Crippen molar-refractivity contribution in [3.63, 3.8) is 0 Å². The number of hydrogen-bond acceptors (Lipinski definition) is 2. The summed E-state index contributed by atoms with van der Waals surface area (Å²) in [4.78, 5) is 9.66. The molecule has 3 aromatic heterocycles. The summed E-state index contributed by atoms with van der Waals surface area (Å²) in [6.07, 6.45) is 14.1. The zero-order valence-electron chi connectivity index (χ0n) is 19.4. The first-order valence-electron chi connectivity index (χ1n) is 11.8. The molecule has 0 saturated carbocycles. The molecule has 1 aliphatic rings. The van der Waals surface area contributed by atoms with Gasteiger partial charge in [-0.3, -0.25) is 0 Å². The van der Waals surface area contributed by atoms with Gasteiger partial charge in [-0.25, -0.2) is 18.9 Å². The van der Waals surface area contributed by atoms with E-state index in [0.717, 1.165) is 42.8 Å². The molecule has 2 atom stereocenters. The van der Waals surface area contributed by atoms with Gasteiger partial charge in [0.15, 0.2) is 5.82 Å². The Labute approximate surface area is 185 Å². The lowest BCUT2D eigenvalue weighted by molar-refractivity contribution is -0.750. The Morgan fingerprint density at radius 2 is 1.90 bits per heavy atom. The summed E-state index contributed by atoms with van der Waals surface area (Å²) in [7, 11) is 0. The Bertz CT molecular complexity index is 1290. The van der Waals surface area contributed by atoms with E-state index in [0.29, 0.717) is 0 Å². The highest BCUT2D eigenvalue weighted by Gasteiger charge is 2.53. The van der Waals surface area contributed by atoms with E-state index in [4.69, 9.17) is 9.97 Å². The summed E-state index contributed by atoms with van der Waals surface area (Å²) in [6.45, 7) is 11.7. The molecule has 0 bridgehead atoms. The molecule has 1 aromatic carbocycles. The number of aryl methyl sites for hydroxylation is 1. The van der Waals surface area contributed by atoms with Crippen LogP contribution in [0.15, 0.2) is 49.1 Å². The van der Waals surface area contributed by atoms with Crippen molar-refractivity contribution in [3.8, 4) is 11.4 Å². The van der Waals surface area contributed by atoms with Gasteiger partial charge < -0.3 is 0 Å². The number of unbranched alkanes of at least 4 members (excludes halogenated alkanes) is 1. The number of benzene rings is 1. The largest absolute Gasteiger partial charge is 0.294 e. The summed E-state index contributed by atoms with van der Waals surface area (Å²) in [6, 6.07) is 8.87. The van der Waals surface area contributed by atoms with E-state index in [1.54, 1.807) is 0 Å². The zero-order valence-corrected chi connectivity index (χ0v) is 19.4. The number of nitrogens with zero attached hydrogens (tertiary/aromatic N) is 4. The minimum Gasteiger partial charge on any atom is -0.236 e. The Kier molecular flexibility index (Phi) is 4.65. The van der Waals surface area contributed by atoms with Crippen molar-refractivity contribution in [3.05, 3.63) is 60.3 Å². The quantitative estimate of drug-likeness (QED) is 0.364. The third kappa shape index (κ3) is 2.63. The van der Waals surface area contributed by atoms with Crippen LogP contribution in [0.4, 0.5) is 0 Å². The van der Waals surface area contributed by atoms with E-state index >= 15 is 0 Å². The highest BCUT2D eigenvalue weighted by atomic mass is 15.2. The molecule has 0 radical (unpaired) electrons. The molecule has 31 heavy (non-hydrogen) atoms. The summed E-state index contributed by atoms with van der Waals surface area (Å²) in [5.74, 6) is 0.829. The first-order chi connectivity index (χ1) is 15.0. The number of hydrogen-bond donors (Lipinski definition) is 0. The van der Waals surface area contributed by atoms with Gasteiger partial charge in [0.2, 0.25) is 0 Å². The van der Waals surface area contributed by atoms with Crippen molar-refractivity contribution in [1.29, 1.82) is 0 Å². The van der Waals surface area contributed by atoms with Gasteiger partial charge in [0.1, 0.15) is 24.1 Å². The van der Waals surface area contributed by atoms with Gasteiger partial charge in [0.05, 0.1) is 10.9 Å². The van der Waals surface area contributed by atoms with Gasteiger partial charge in [0.25, 0.3) is 5.65 Å². The molecule has 0 spiro atoms. The molecule has 5 rings (SSSR count). The van der Waals surface area contributed by atoms with Crippen LogP contribution in [0.2, 0.25) is 0 Å². The fourth-order valence-electron chi connectivity index (χ4n) is 5.73. The van der Waals surface area contributed by atoms with Crippen LogP contribution in [-0.2, 0) is 17.4 Å². The molecule has 160 valence electrons. The Hall–Kier alpha value is -2.75. The molecule has 1 aliphatic heterocycles. The van der Waals surface area contributed by atoms with E-state index in [1.165, 1.54) is 28.4 Å². The summed E-state index contributed by atoms with van der Waals surface area (Å²) in [5.41, 5.74) is 5.04. The maximum atomic E-state index is 4.96. The number of rotatable bonds is 6. The Morgan fingerprint density at radius 3 is 2.65 bits per heavy atom. The van der Waals surface area contributed by atoms with Crippen molar-refractivity contribution in [2.24, 2.45) is 0 Å². The third-order valence-electron chi connectivity index (χ3n) is 8.15. The van der Waals surface area contributed by atoms with Gasteiger partial charge in [0, 0.05) is 22.7 Å². The molecular weight excluding hydrogens is 380 g/mol. The lowest BCUT2D eigenvalue weighted by Gasteiger charge is -2.46. The number of pyridine rings is 1. The molecule has 4 nitrogen and oxygen atoms in total. The monoisotopic (exact) mass is 413 g/mol. The van der Waals surface area contributed by atoms with Gasteiger partial charge in [-0.15, -0.1) is 0 Å². The second kappa shape index (κ2) is 7.15. The summed E-state index contributed by atoms with van der Waals surface area (Å²) in [5, 5.41) is 2.60. The number of imidazole rings is 1. The van der Waals surface area contributed by atoms with Crippen LogP contribution in [0.1, 0.15) is 71.6 Å². The lowest BCUT2D eigenvalue weighted by atomic mass is 9.62. The topological polar surface area (TPSA) is 34.1 Å². The molecular formula is C27H33N4+. The highest BCUT2D eigenvalue weighted by molar-refractivity contribution is 6.04. The maximum Gasteiger partial charge on any atom is 0.294 e. The normalized spacial score (nSPS) is 22.6. The Balaban J connectivity index is 1.85. The predicted molar refractivity (Wildman–Crippen MR) is 126 cm³/mol. The van der Waals surface area contributed by atoms with Gasteiger partial charge in [-0.05, 0) is 44.2 Å². The van der Waals surface area contributed by atoms with Crippen molar-refractivity contribution < 1.29 is 4.57 Å². The van der Waals surface area contributed by atoms with E-state index in [-0.39, 0.29) is 11.0 Å². The minimum atomic E-state index is 0.0237. The van der Waals surface area contributed by atoms with Crippen LogP contribution >= 0.6 is 0 Å². The molecule has 0 N–H and O–H groups in total. The molecule has 2 unspecified atom stereocenters. The third-order valence-corrected chi connectivity index (χ3v) is 8.15. The van der Waals surface area contributed by atoms with Crippen molar-refractivity contribution in [1.82, 2.24) is 14.4 Å². The fourth-order valence-corrected chi connectivity index (χ4v) is 5.73. The van der Waals surface area contributed by atoms with E-state index in [2.05, 4.69) is 86.4 Å². The average Bonchev–Trinajstić information content (AvgIpc) is 3.25. The minimum absolute atomic E-state index is 0.0237. The van der Waals surface area contributed by atoms with E-state index in [1.807, 2.05) is 6.20 Å². The first-order valence-corrected chi connectivity index (χ1v) is 11.8. The number of aromatic nitrogens is 4. The molecule has 0 saturated heterocycles. The van der Waals surface area contributed by atoms with E-state index < -0.39 is 0 Å². The first kappa shape index (κ1) is 20.2. The van der Waals surface area contributed by atoms with Crippen molar-refractivity contribution in [2.75, 3.05) is 0 Å². The smallest absolute Gasteiger partial charge is 0.236 e. The second-order valence-electron chi connectivity index (χ2n) is 9.46. The average molecular weight is 414 g/mol. The van der Waals surface area contributed by atoms with Crippen LogP contribution in [-0.4, -0.2) is 14.4 Å².